The molecule has 0 fully saturated rings. The van der Waals surface area contributed by atoms with E-state index in [2.05, 4.69) is 32.8 Å². The molecular weight excluding hydrogens is 285 g/mol. The Morgan fingerprint density at radius 2 is 2.19 bits per heavy atom. The van der Waals surface area contributed by atoms with E-state index in [-0.39, 0.29) is 12.2 Å². The van der Waals surface area contributed by atoms with Crippen molar-refractivity contribution in [2.45, 2.75) is 12.7 Å². The normalized spacial score (nSPS) is 11.5. The molecule has 0 saturated carbocycles. The van der Waals surface area contributed by atoms with Crippen molar-refractivity contribution in [1.29, 1.82) is 0 Å². The number of hydrogen-bond donors (Lipinski definition) is 1. The lowest BCUT2D eigenvalue weighted by Crippen LogP contribution is -2.19. The van der Waals surface area contributed by atoms with Gasteiger partial charge in [0, 0.05) is 23.8 Å². The van der Waals surface area contributed by atoms with Crippen molar-refractivity contribution in [3.8, 4) is 0 Å². The van der Waals surface area contributed by atoms with E-state index in [0.717, 1.165) is 6.07 Å². The maximum atomic E-state index is 12.5. The number of aromatic nitrogens is 1. The lowest BCUT2D eigenvalue weighted by atomic mass is 10.2. The highest BCUT2D eigenvalue weighted by Crippen LogP contribution is 2.30. The Kier molecular flexibility index (Phi) is 4.49. The summed E-state index contributed by atoms with van der Waals surface area (Å²) in [5, 5.41) is 2.80. The molecule has 1 aromatic heterocycles. The van der Waals surface area contributed by atoms with Gasteiger partial charge in [-0.05, 0) is 12.1 Å². The highest BCUT2D eigenvalue weighted by atomic mass is 79.9. The first-order chi connectivity index (χ1) is 7.41. The van der Waals surface area contributed by atoms with Crippen molar-refractivity contribution in [3.63, 3.8) is 0 Å². The van der Waals surface area contributed by atoms with E-state index in [1.54, 1.807) is 0 Å². The van der Waals surface area contributed by atoms with Crippen LogP contribution in [-0.2, 0) is 12.7 Å². The molecule has 1 rings (SSSR count). The molecule has 0 radical (unpaired) electrons. The fourth-order valence-corrected chi connectivity index (χ4v) is 1.35. The first kappa shape index (κ1) is 13.2. The third-order valence-corrected chi connectivity index (χ3v) is 2.09. The zero-order valence-electron chi connectivity index (χ0n) is 8.31. The van der Waals surface area contributed by atoms with Crippen molar-refractivity contribution in [3.05, 3.63) is 40.6 Å². The predicted octanol–water partition coefficient (Wildman–Crippen LogP) is 3.10. The van der Waals surface area contributed by atoms with Gasteiger partial charge in [0.2, 0.25) is 0 Å². The summed E-state index contributed by atoms with van der Waals surface area (Å²) in [6.45, 7) is 4.02. The lowest BCUT2D eigenvalue weighted by Gasteiger charge is -2.11. The van der Waals surface area contributed by atoms with Crippen molar-refractivity contribution in [2.75, 3.05) is 6.54 Å². The molecule has 1 heterocycles. The second kappa shape index (κ2) is 5.45. The highest BCUT2D eigenvalue weighted by Gasteiger charge is 2.33. The van der Waals surface area contributed by atoms with E-state index < -0.39 is 11.7 Å². The summed E-state index contributed by atoms with van der Waals surface area (Å²) < 4.78 is 38.3. The van der Waals surface area contributed by atoms with Gasteiger partial charge < -0.3 is 5.32 Å². The Bertz CT molecular complexity index is 377. The van der Waals surface area contributed by atoms with Crippen LogP contribution in [0.3, 0.4) is 0 Å². The third-order valence-electron chi connectivity index (χ3n) is 1.80. The van der Waals surface area contributed by atoms with Gasteiger partial charge in [-0.25, -0.2) is 0 Å². The Labute approximate surface area is 99.7 Å². The van der Waals surface area contributed by atoms with Crippen LogP contribution >= 0.6 is 15.9 Å². The van der Waals surface area contributed by atoms with E-state index in [1.807, 2.05) is 0 Å². The number of pyridine rings is 1. The van der Waals surface area contributed by atoms with Gasteiger partial charge >= 0.3 is 6.18 Å². The minimum Gasteiger partial charge on any atom is -0.307 e. The van der Waals surface area contributed by atoms with E-state index in [9.17, 15) is 13.2 Å². The van der Waals surface area contributed by atoms with Crippen LogP contribution in [0.15, 0.2) is 29.4 Å². The number of rotatable bonds is 4. The van der Waals surface area contributed by atoms with Crippen LogP contribution in [0, 0.1) is 0 Å². The minimum absolute atomic E-state index is 0.0104. The van der Waals surface area contributed by atoms with Crippen molar-refractivity contribution < 1.29 is 13.2 Å². The first-order valence-corrected chi connectivity index (χ1v) is 5.25. The number of hydrogen-bond acceptors (Lipinski definition) is 2. The molecule has 88 valence electrons. The van der Waals surface area contributed by atoms with Gasteiger partial charge in [0.1, 0.15) is 0 Å². The zero-order valence-corrected chi connectivity index (χ0v) is 9.90. The molecule has 0 aliphatic rings. The molecule has 0 aliphatic heterocycles. The number of nitrogens with one attached hydrogen (secondary N) is 1. The molecule has 0 amide bonds. The largest absolute Gasteiger partial charge is 0.418 e. The van der Waals surface area contributed by atoms with Crippen molar-refractivity contribution in [2.24, 2.45) is 0 Å². The van der Waals surface area contributed by atoms with Gasteiger partial charge in [-0.2, -0.15) is 13.2 Å². The number of halogens is 4. The summed E-state index contributed by atoms with van der Waals surface area (Å²) in [7, 11) is 0. The summed E-state index contributed by atoms with van der Waals surface area (Å²) in [5.74, 6) is 0. The fourth-order valence-electron chi connectivity index (χ4n) is 1.15. The average molecular weight is 295 g/mol. The van der Waals surface area contributed by atoms with Gasteiger partial charge in [-0.3, -0.25) is 4.98 Å². The molecule has 0 saturated heterocycles. The molecule has 0 bridgehead atoms. The smallest absolute Gasteiger partial charge is 0.307 e. The molecular formula is C10H10BrF3N2. The SMILES string of the molecule is C=C(Br)CNCc1ncccc1C(F)(F)F. The molecule has 0 unspecified atom stereocenters. The Morgan fingerprint density at radius 3 is 2.75 bits per heavy atom. The van der Waals surface area contributed by atoms with Crippen LogP contribution < -0.4 is 5.32 Å². The monoisotopic (exact) mass is 294 g/mol. The quantitative estimate of drug-likeness (QED) is 0.923. The highest BCUT2D eigenvalue weighted by molar-refractivity contribution is 9.11. The first-order valence-electron chi connectivity index (χ1n) is 4.46. The van der Waals surface area contributed by atoms with E-state index in [4.69, 9.17) is 0 Å². The Hall–Kier alpha value is -0.880. The summed E-state index contributed by atoms with van der Waals surface area (Å²) in [6, 6.07) is 2.29. The van der Waals surface area contributed by atoms with Gasteiger partial charge in [0.25, 0.3) is 0 Å². The van der Waals surface area contributed by atoms with Gasteiger partial charge in [-0.15, -0.1) is 0 Å². The molecule has 6 heteroatoms. The van der Waals surface area contributed by atoms with Gasteiger partial charge in [0.15, 0.2) is 0 Å². The number of nitrogens with zero attached hydrogens (tertiary/aromatic N) is 1. The van der Waals surface area contributed by atoms with E-state index in [0.29, 0.717) is 11.0 Å². The zero-order chi connectivity index (χ0) is 12.2. The van der Waals surface area contributed by atoms with E-state index in [1.165, 1.54) is 12.3 Å². The Morgan fingerprint density at radius 1 is 1.50 bits per heavy atom. The summed E-state index contributed by atoms with van der Waals surface area (Å²) in [5.41, 5.74) is -0.716. The van der Waals surface area contributed by atoms with Gasteiger partial charge in [0.05, 0.1) is 11.3 Å². The predicted molar refractivity (Wildman–Crippen MR) is 59.0 cm³/mol. The average Bonchev–Trinajstić information content (AvgIpc) is 2.16. The molecule has 16 heavy (non-hydrogen) atoms. The lowest BCUT2D eigenvalue weighted by molar-refractivity contribution is -0.138. The minimum atomic E-state index is -4.36. The molecule has 0 aromatic carbocycles. The summed E-state index contributed by atoms with van der Waals surface area (Å²) in [6.07, 6.45) is -3.02. The fraction of sp³-hybridized carbons (Fsp3) is 0.300. The molecule has 0 aliphatic carbocycles. The standard InChI is InChI=1S/C10H10BrF3N2/c1-7(11)5-15-6-9-8(10(12,13)14)3-2-4-16-9/h2-4,15H,1,5-6H2. The van der Waals surface area contributed by atoms with Crippen LogP contribution in [0.25, 0.3) is 0 Å². The van der Waals surface area contributed by atoms with Crippen molar-refractivity contribution >= 4 is 15.9 Å². The maximum Gasteiger partial charge on any atom is 0.418 e. The van der Waals surface area contributed by atoms with Crippen LogP contribution in [-0.4, -0.2) is 11.5 Å². The topological polar surface area (TPSA) is 24.9 Å². The second-order valence-corrected chi connectivity index (χ2v) is 4.24. The van der Waals surface area contributed by atoms with Crippen LogP contribution in [0.5, 0.6) is 0 Å². The Balaban J connectivity index is 2.76. The van der Waals surface area contributed by atoms with Crippen LogP contribution in [0.2, 0.25) is 0 Å². The molecule has 1 aromatic rings. The molecule has 0 spiro atoms. The number of alkyl halides is 3. The van der Waals surface area contributed by atoms with Gasteiger partial charge in [-0.1, -0.05) is 22.5 Å². The summed E-state index contributed by atoms with van der Waals surface area (Å²) in [4.78, 5) is 3.71. The maximum absolute atomic E-state index is 12.5. The molecule has 1 N–H and O–H groups in total. The molecule has 0 atom stereocenters. The van der Waals surface area contributed by atoms with Crippen LogP contribution in [0.4, 0.5) is 13.2 Å². The van der Waals surface area contributed by atoms with E-state index >= 15 is 0 Å². The molecule has 2 nitrogen and oxygen atoms in total. The summed E-state index contributed by atoms with van der Waals surface area (Å²) >= 11 is 3.11. The van der Waals surface area contributed by atoms with Crippen LogP contribution in [0.1, 0.15) is 11.3 Å². The third kappa shape index (κ3) is 3.94. The van der Waals surface area contributed by atoms with Crippen molar-refractivity contribution in [1.82, 2.24) is 10.3 Å². The second-order valence-electron chi connectivity index (χ2n) is 3.12.